The molecule has 0 saturated carbocycles. The first kappa shape index (κ1) is 18.4. The molecular formula is C19H21N5O3. The summed E-state index contributed by atoms with van der Waals surface area (Å²) in [6.45, 7) is 2.34. The predicted molar refractivity (Wildman–Crippen MR) is 99.5 cm³/mol. The number of aromatic nitrogens is 4. The van der Waals surface area contributed by atoms with Gasteiger partial charge in [0.15, 0.2) is 23.0 Å². The Kier molecular flexibility index (Phi) is 5.65. The highest BCUT2D eigenvalue weighted by Crippen LogP contribution is 2.27. The first-order valence-electron chi connectivity index (χ1n) is 8.45. The highest BCUT2D eigenvalue weighted by atomic mass is 16.5. The Labute approximate surface area is 157 Å². The summed E-state index contributed by atoms with van der Waals surface area (Å²) in [5.74, 6) is 2.49. The lowest BCUT2D eigenvalue weighted by atomic mass is 10.1. The second-order valence-corrected chi connectivity index (χ2v) is 5.82. The molecule has 3 aromatic rings. The van der Waals surface area contributed by atoms with Crippen LogP contribution in [0, 0.1) is 6.92 Å². The van der Waals surface area contributed by atoms with E-state index >= 15 is 0 Å². The van der Waals surface area contributed by atoms with E-state index in [0.29, 0.717) is 30.3 Å². The van der Waals surface area contributed by atoms with Crippen molar-refractivity contribution in [2.24, 2.45) is 0 Å². The van der Waals surface area contributed by atoms with Gasteiger partial charge in [-0.1, -0.05) is 6.07 Å². The zero-order chi connectivity index (χ0) is 19.2. The molecule has 0 fully saturated rings. The van der Waals surface area contributed by atoms with Crippen molar-refractivity contribution in [3.8, 4) is 17.3 Å². The number of methoxy groups -OCH3 is 2. The summed E-state index contributed by atoms with van der Waals surface area (Å²) in [6, 6.07) is 9.07. The Morgan fingerprint density at radius 3 is 2.56 bits per heavy atom. The maximum Gasteiger partial charge on any atom is 0.271 e. The zero-order valence-corrected chi connectivity index (χ0v) is 15.5. The van der Waals surface area contributed by atoms with E-state index in [-0.39, 0.29) is 11.6 Å². The zero-order valence-electron chi connectivity index (χ0n) is 15.5. The Morgan fingerprint density at radius 2 is 1.93 bits per heavy atom. The summed E-state index contributed by atoms with van der Waals surface area (Å²) in [5.41, 5.74) is 1.30. The quantitative estimate of drug-likeness (QED) is 0.686. The Morgan fingerprint density at radius 1 is 1.11 bits per heavy atom. The molecule has 0 bridgehead atoms. The second-order valence-electron chi connectivity index (χ2n) is 5.82. The smallest absolute Gasteiger partial charge is 0.271 e. The number of benzene rings is 1. The minimum Gasteiger partial charge on any atom is -0.493 e. The summed E-state index contributed by atoms with van der Waals surface area (Å²) in [4.78, 5) is 16.4. The molecule has 8 nitrogen and oxygen atoms in total. The van der Waals surface area contributed by atoms with E-state index < -0.39 is 0 Å². The third-order valence-electron chi connectivity index (χ3n) is 4.10. The van der Waals surface area contributed by atoms with Gasteiger partial charge in [-0.15, -0.1) is 10.2 Å². The van der Waals surface area contributed by atoms with Crippen molar-refractivity contribution in [2.75, 3.05) is 20.8 Å². The number of aryl methyl sites for hydroxylation is 1. The summed E-state index contributed by atoms with van der Waals surface area (Å²) in [6.07, 6.45) is 4.14. The Bertz CT molecular complexity index is 921. The van der Waals surface area contributed by atoms with E-state index in [4.69, 9.17) is 9.47 Å². The molecule has 1 amide bonds. The lowest BCUT2D eigenvalue weighted by molar-refractivity contribution is 0.0948. The molecule has 1 aromatic carbocycles. The van der Waals surface area contributed by atoms with Crippen LogP contribution in [0.25, 0.3) is 5.82 Å². The standard InChI is InChI=1S/C19H21N5O3/c1-13-20-10-11-24(13)18-7-5-15(22-23-18)19(25)21-9-8-14-4-6-16(26-2)17(12-14)27-3/h4-7,10-12H,8-9H2,1-3H3,(H,21,25). The molecule has 27 heavy (non-hydrogen) atoms. The van der Waals surface area contributed by atoms with Gasteiger partial charge in [0.05, 0.1) is 14.2 Å². The van der Waals surface area contributed by atoms with Gasteiger partial charge in [-0.2, -0.15) is 0 Å². The van der Waals surface area contributed by atoms with Gasteiger partial charge in [0.25, 0.3) is 5.91 Å². The van der Waals surface area contributed by atoms with Gasteiger partial charge < -0.3 is 14.8 Å². The van der Waals surface area contributed by atoms with Crippen molar-refractivity contribution in [2.45, 2.75) is 13.3 Å². The largest absolute Gasteiger partial charge is 0.493 e. The first-order valence-corrected chi connectivity index (χ1v) is 8.45. The lowest BCUT2D eigenvalue weighted by Crippen LogP contribution is -2.27. The molecule has 0 aliphatic carbocycles. The maximum absolute atomic E-state index is 12.2. The molecule has 140 valence electrons. The molecule has 0 atom stereocenters. The molecular weight excluding hydrogens is 346 g/mol. The molecule has 8 heteroatoms. The van der Waals surface area contributed by atoms with E-state index in [1.165, 1.54) is 0 Å². The van der Waals surface area contributed by atoms with Crippen LogP contribution in [-0.2, 0) is 6.42 Å². The summed E-state index contributed by atoms with van der Waals surface area (Å²) >= 11 is 0. The van der Waals surface area contributed by atoms with E-state index in [1.807, 2.05) is 25.1 Å². The second kappa shape index (κ2) is 8.31. The van der Waals surface area contributed by atoms with E-state index in [9.17, 15) is 4.79 Å². The number of nitrogens with one attached hydrogen (secondary N) is 1. The van der Waals surface area contributed by atoms with Crippen molar-refractivity contribution in [1.82, 2.24) is 25.1 Å². The SMILES string of the molecule is COc1ccc(CCNC(=O)c2ccc(-n3ccnc3C)nn2)cc1OC. The fourth-order valence-electron chi connectivity index (χ4n) is 2.64. The molecule has 0 spiro atoms. The van der Waals surface area contributed by atoms with Crippen LogP contribution >= 0.6 is 0 Å². The molecule has 0 unspecified atom stereocenters. The normalized spacial score (nSPS) is 10.5. The lowest BCUT2D eigenvalue weighted by Gasteiger charge is -2.10. The number of hydrogen-bond donors (Lipinski definition) is 1. The van der Waals surface area contributed by atoms with Crippen LogP contribution < -0.4 is 14.8 Å². The molecule has 3 rings (SSSR count). The maximum atomic E-state index is 12.2. The van der Waals surface area contributed by atoms with E-state index in [0.717, 1.165) is 11.4 Å². The van der Waals surface area contributed by atoms with Gasteiger partial charge in [-0.05, 0) is 43.2 Å². The van der Waals surface area contributed by atoms with Crippen molar-refractivity contribution >= 4 is 5.91 Å². The fourth-order valence-corrected chi connectivity index (χ4v) is 2.64. The third-order valence-corrected chi connectivity index (χ3v) is 4.10. The van der Waals surface area contributed by atoms with Crippen LogP contribution in [0.1, 0.15) is 21.9 Å². The predicted octanol–water partition coefficient (Wildman–Crippen LogP) is 1.96. The minimum atomic E-state index is -0.267. The van der Waals surface area contributed by atoms with E-state index in [2.05, 4.69) is 20.5 Å². The van der Waals surface area contributed by atoms with Crippen molar-refractivity contribution in [3.63, 3.8) is 0 Å². The third kappa shape index (κ3) is 4.22. The number of rotatable bonds is 7. The first-order chi connectivity index (χ1) is 13.1. The van der Waals surface area contributed by atoms with Gasteiger partial charge in [-0.25, -0.2) is 4.98 Å². The number of imidazole rings is 1. The van der Waals surface area contributed by atoms with Crippen molar-refractivity contribution < 1.29 is 14.3 Å². The van der Waals surface area contributed by atoms with Gasteiger partial charge in [0, 0.05) is 18.9 Å². The highest BCUT2D eigenvalue weighted by molar-refractivity contribution is 5.92. The minimum absolute atomic E-state index is 0.267. The molecule has 0 saturated heterocycles. The van der Waals surface area contributed by atoms with Crippen LogP contribution in [0.4, 0.5) is 0 Å². The number of nitrogens with zero attached hydrogens (tertiary/aromatic N) is 4. The molecule has 0 aliphatic rings. The monoisotopic (exact) mass is 367 g/mol. The summed E-state index contributed by atoms with van der Waals surface area (Å²) in [5, 5.41) is 10.9. The van der Waals surface area contributed by atoms with E-state index in [1.54, 1.807) is 43.3 Å². The number of hydrogen-bond acceptors (Lipinski definition) is 6. The fraction of sp³-hybridized carbons (Fsp3) is 0.263. The Balaban J connectivity index is 1.57. The Hall–Kier alpha value is -3.42. The highest BCUT2D eigenvalue weighted by Gasteiger charge is 2.10. The van der Waals surface area contributed by atoms with Gasteiger partial charge in [-0.3, -0.25) is 9.36 Å². The molecule has 0 radical (unpaired) electrons. The number of ether oxygens (including phenoxy) is 2. The van der Waals surface area contributed by atoms with Crippen LogP contribution in [0.2, 0.25) is 0 Å². The van der Waals surface area contributed by atoms with Crippen LogP contribution in [0.15, 0.2) is 42.7 Å². The number of amides is 1. The summed E-state index contributed by atoms with van der Waals surface area (Å²) in [7, 11) is 3.19. The number of carbonyl (C=O) groups excluding carboxylic acids is 1. The van der Waals surface area contributed by atoms with Crippen molar-refractivity contribution in [3.05, 3.63) is 59.8 Å². The number of carbonyl (C=O) groups is 1. The topological polar surface area (TPSA) is 91.2 Å². The summed E-state index contributed by atoms with van der Waals surface area (Å²) < 4.78 is 12.3. The average Bonchev–Trinajstić information content (AvgIpc) is 3.13. The average molecular weight is 367 g/mol. The molecule has 1 N–H and O–H groups in total. The van der Waals surface area contributed by atoms with Gasteiger partial charge in [0.1, 0.15) is 5.82 Å². The van der Waals surface area contributed by atoms with Crippen LogP contribution in [0.3, 0.4) is 0 Å². The van der Waals surface area contributed by atoms with Gasteiger partial charge in [0.2, 0.25) is 0 Å². The molecule has 0 aliphatic heterocycles. The van der Waals surface area contributed by atoms with Crippen molar-refractivity contribution in [1.29, 1.82) is 0 Å². The van der Waals surface area contributed by atoms with Crippen LogP contribution in [-0.4, -0.2) is 46.4 Å². The molecule has 2 aromatic heterocycles. The van der Waals surface area contributed by atoms with Gasteiger partial charge >= 0.3 is 0 Å². The van der Waals surface area contributed by atoms with Crippen LogP contribution in [0.5, 0.6) is 11.5 Å². The molecule has 2 heterocycles.